The van der Waals surface area contributed by atoms with Gasteiger partial charge in [0, 0.05) is 84.8 Å². The zero-order chi connectivity index (χ0) is 43.6. The molecule has 2 atom stereocenters. The predicted octanol–water partition coefficient (Wildman–Crippen LogP) is -2.42. The van der Waals surface area contributed by atoms with Crippen LogP contribution in [-0.2, 0) is 46.5 Å². The summed E-state index contributed by atoms with van der Waals surface area (Å²) in [5.41, 5.74) is 12.3. The number of carboxylic acid groups (broad SMARTS) is 2. The Balaban J connectivity index is 1.24. The number of nitrogens with one attached hydrogen (secondary N) is 1. The molecule has 2 saturated heterocycles. The first kappa shape index (κ1) is 46.0. The van der Waals surface area contributed by atoms with E-state index in [-0.39, 0.29) is 57.2 Å². The van der Waals surface area contributed by atoms with E-state index in [4.69, 9.17) is 47.1 Å². The standard InChI is InChI=1S/C36H54N16O9/c1-2-16-59-18-20-61-21-19-60-17-7-39-34-40-35(49-12-8-47(9-13-49)32(57)28(3-5-30(53)54)51-24-26(22-37)43-45-51)42-36(41-34)50-14-10-48(11-15-50)33(58)29(4-6-31(55)56)52-25-27(23-38)44-46-52/h1,24-25,28-29H,3-23,37-38H2,(H,53,54)(H,55,56)(H,39,40,41,42)/t28-,29-/m0/s1. The molecule has 25 nitrogen and oxygen atoms in total. The number of anilines is 3. The van der Waals surface area contributed by atoms with Crippen molar-refractivity contribution >= 4 is 41.6 Å². The van der Waals surface area contributed by atoms with Gasteiger partial charge < -0.3 is 60.8 Å². The van der Waals surface area contributed by atoms with Gasteiger partial charge in [0.1, 0.15) is 18.7 Å². The van der Waals surface area contributed by atoms with Crippen LogP contribution in [0.5, 0.6) is 0 Å². The number of aliphatic carboxylic acids is 2. The number of hydrogen-bond donors (Lipinski definition) is 5. The van der Waals surface area contributed by atoms with E-state index in [2.05, 4.69) is 31.9 Å². The van der Waals surface area contributed by atoms with Gasteiger partial charge in [0.25, 0.3) is 0 Å². The van der Waals surface area contributed by atoms with Crippen LogP contribution >= 0.6 is 0 Å². The van der Waals surface area contributed by atoms with Gasteiger partial charge in [0.15, 0.2) is 0 Å². The van der Waals surface area contributed by atoms with Gasteiger partial charge in [-0.25, -0.2) is 9.36 Å². The fourth-order valence-electron chi connectivity index (χ4n) is 6.57. The molecule has 61 heavy (non-hydrogen) atoms. The number of amides is 2. The van der Waals surface area contributed by atoms with Gasteiger partial charge in [-0.2, -0.15) is 15.0 Å². The fraction of sp³-hybridized carbons (Fsp3) is 0.639. The molecule has 2 fully saturated rings. The second-order valence-electron chi connectivity index (χ2n) is 14.0. The van der Waals surface area contributed by atoms with E-state index in [1.807, 2.05) is 9.80 Å². The number of carboxylic acids is 2. The normalized spacial score (nSPS) is 15.4. The second kappa shape index (κ2) is 23.6. The van der Waals surface area contributed by atoms with Crippen LogP contribution in [0.15, 0.2) is 12.4 Å². The van der Waals surface area contributed by atoms with Crippen LogP contribution in [0.1, 0.15) is 49.2 Å². The van der Waals surface area contributed by atoms with E-state index in [0.29, 0.717) is 121 Å². The SMILES string of the molecule is C#CCOCCOCCOCCNc1nc(N2CCN(C(=O)[C@H](CCC(=O)O)n3cc(CN)nn3)CC2)nc(N2CCN(C(=O)[C@H](CCC(=O)O)n3cc(CN)nn3)CC2)n1. The van der Waals surface area contributed by atoms with E-state index < -0.39 is 24.0 Å². The largest absolute Gasteiger partial charge is 0.481 e. The third-order valence-corrected chi connectivity index (χ3v) is 9.82. The van der Waals surface area contributed by atoms with Crippen molar-refractivity contribution in [1.82, 2.24) is 54.7 Å². The molecule has 332 valence electrons. The molecule has 0 saturated carbocycles. The van der Waals surface area contributed by atoms with Gasteiger partial charge in [0.2, 0.25) is 29.7 Å². The van der Waals surface area contributed by atoms with E-state index in [0.717, 1.165) is 0 Å². The Morgan fingerprint density at radius 1 is 0.689 bits per heavy atom. The van der Waals surface area contributed by atoms with Crippen molar-refractivity contribution in [1.29, 1.82) is 0 Å². The molecule has 3 aromatic heterocycles. The Kier molecular flexibility index (Phi) is 17.8. The van der Waals surface area contributed by atoms with Crippen molar-refractivity contribution in [2.45, 2.75) is 50.9 Å². The first-order chi connectivity index (χ1) is 29.6. The van der Waals surface area contributed by atoms with Gasteiger partial charge in [0.05, 0.1) is 56.8 Å². The Morgan fingerprint density at radius 2 is 1.13 bits per heavy atom. The summed E-state index contributed by atoms with van der Waals surface area (Å²) in [6.07, 6.45) is 7.88. The van der Waals surface area contributed by atoms with Crippen LogP contribution < -0.4 is 26.6 Å². The topological polar surface area (TPSA) is 314 Å². The van der Waals surface area contributed by atoms with Crippen molar-refractivity contribution in [3.05, 3.63) is 23.8 Å². The minimum Gasteiger partial charge on any atom is -0.481 e. The molecule has 2 aliphatic heterocycles. The molecular formula is C36H54N16O9. The van der Waals surface area contributed by atoms with Crippen LogP contribution in [0.2, 0.25) is 0 Å². The minimum atomic E-state index is -1.03. The lowest BCUT2D eigenvalue weighted by Gasteiger charge is -2.38. The number of aromatic nitrogens is 9. The molecule has 2 aliphatic rings. The van der Waals surface area contributed by atoms with E-state index in [1.165, 1.54) is 9.36 Å². The molecule has 2 amide bonds. The molecule has 0 radical (unpaired) electrons. The highest BCUT2D eigenvalue weighted by atomic mass is 16.5. The van der Waals surface area contributed by atoms with Gasteiger partial charge in [-0.15, -0.1) is 16.6 Å². The van der Waals surface area contributed by atoms with Crippen LogP contribution in [-0.4, -0.2) is 187 Å². The lowest BCUT2D eigenvalue weighted by atomic mass is 10.1. The van der Waals surface area contributed by atoms with Crippen LogP contribution in [0.3, 0.4) is 0 Å². The number of ether oxygens (including phenoxy) is 3. The maximum atomic E-state index is 13.8. The zero-order valence-corrected chi connectivity index (χ0v) is 34.0. The summed E-state index contributed by atoms with van der Waals surface area (Å²) >= 11 is 0. The number of carbonyl (C=O) groups excluding carboxylic acids is 2. The first-order valence-corrected chi connectivity index (χ1v) is 20.0. The van der Waals surface area contributed by atoms with E-state index >= 15 is 0 Å². The summed E-state index contributed by atoms with van der Waals surface area (Å²) in [6.45, 7) is 5.42. The average molecular weight is 855 g/mol. The maximum Gasteiger partial charge on any atom is 0.303 e. The van der Waals surface area contributed by atoms with Gasteiger partial charge in [-0.1, -0.05) is 16.3 Å². The Labute approximate surface area is 351 Å². The number of rotatable bonds is 25. The van der Waals surface area contributed by atoms with Crippen LogP contribution in [0.25, 0.3) is 0 Å². The van der Waals surface area contributed by atoms with E-state index in [1.54, 1.807) is 22.2 Å². The third kappa shape index (κ3) is 13.7. The summed E-state index contributed by atoms with van der Waals surface area (Å²) in [5.74, 6) is 0.825. The summed E-state index contributed by atoms with van der Waals surface area (Å²) in [5, 5.41) is 38.0. The molecule has 0 unspecified atom stereocenters. The molecule has 7 N–H and O–H groups in total. The maximum absolute atomic E-state index is 13.8. The predicted molar refractivity (Wildman–Crippen MR) is 215 cm³/mol. The molecule has 0 aliphatic carbocycles. The quantitative estimate of drug-likeness (QED) is 0.0437. The van der Waals surface area contributed by atoms with Crippen molar-refractivity contribution in [2.24, 2.45) is 11.5 Å². The minimum absolute atomic E-state index is 0.0317. The highest BCUT2D eigenvalue weighted by Gasteiger charge is 2.33. The van der Waals surface area contributed by atoms with E-state index in [9.17, 15) is 29.4 Å². The summed E-state index contributed by atoms with van der Waals surface area (Å²) in [6, 6.07) is -1.73. The molecule has 5 heterocycles. The first-order valence-electron chi connectivity index (χ1n) is 20.0. The highest BCUT2D eigenvalue weighted by Crippen LogP contribution is 2.24. The molecule has 0 aromatic carbocycles. The Bertz CT molecular complexity index is 1810. The van der Waals surface area contributed by atoms with Gasteiger partial charge >= 0.3 is 11.9 Å². The Morgan fingerprint density at radius 3 is 1.54 bits per heavy atom. The number of piperazine rings is 2. The van der Waals surface area contributed by atoms with Crippen molar-refractivity contribution in [2.75, 3.05) is 114 Å². The van der Waals surface area contributed by atoms with Crippen molar-refractivity contribution in [3.8, 4) is 12.3 Å². The third-order valence-electron chi connectivity index (χ3n) is 9.82. The lowest BCUT2D eigenvalue weighted by Crippen LogP contribution is -2.52. The highest BCUT2D eigenvalue weighted by molar-refractivity contribution is 5.82. The summed E-state index contributed by atoms with van der Waals surface area (Å²) in [7, 11) is 0. The second-order valence-corrected chi connectivity index (χ2v) is 14.0. The van der Waals surface area contributed by atoms with Crippen molar-refractivity contribution in [3.63, 3.8) is 0 Å². The summed E-state index contributed by atoms with van der Waals surface area (Å²) in [4.78, 5) is 71.8. The van der Waals surface area contributed by atoms with Crippen LogP contribution in [0, 0.1) is 12.3 Å². The fourth-order valence-corrected chi connectivity index (χ4v) is 6.57. The number of terminal acetylenes is 1. The van der Waals surface area contributed by atoms with Crippen molar-refractivity contribution < 1.29 is 43.6 Å². The number of carbonyl (C=O) groups is 4. The summed E-state index contributed by atoms with van der Waals surface area (Å²) < 4.78 is 19.1. The number of nitrogens with two attached hydrogens (primary N) is 2. The van der Waals surface area contributed by atoms with Gasteiger partial charge in [-0.05, 0) is 12.8 Å². The molecule has 3 aromatic rings. The zero-order valence-electron chi connectivity index (χ0n) is 34.0. The molecule has 0 bridgehead atoms. The van der Waals surface area contributed by atoms with Gasteiger partial charge in [-0.3, -0.25) is 19.2 Å². The number of hydrogen-bond acceptors (Lipinski definition) is 19. The molecule has 0 spiro atoms. The van der Waals surface area contributed by atoms with Crippen LogP contribution in [0.4, 0.5) is 17.8 Å². The average Bonchev–Trinajstić information content (AvgIpc) is 3.96. The monoisotopic (exact) mass is 854 g/mol. The Hall–Kier alpha value is -6.07. The lowest BCUT2D eigenvalue weighted by molar-refractivity contribution is -0.140. The smallest absolute Gasteiger partial charge is 0.303 e. The number of nitrogens with zero attached hydrogens (tertiary/aromatic N) is 13. The molecule has 25 heteroatoms. The molecule has 5 rings (SSSR count). The molecular weight excluding hydrogens is 800 g/mol.